The Bertz CT molecular complexity index is 1550. The fourth-order valence-electron chi connectivity index (χ4n) is 7.44. The van der Waals surface area contributed by atoms with E-state index in [9.17, 15) is 4.79 Å². The molecule has 1 unspecified atom stereocenters. The summed E-state index contributed by atoms with van der Waals surface area (Å²) in [6, 6.07) is 8.60. The van der Waals surface area contributed by atoms with Crippen LogP contribution in [0.1, 0.15) is 122 Å². The molecule has 1 aromatic carbocycles. The third kappa shape index (κ3) is 15.6. The van der Waals surface area contributed by atoms with Gasteiger partial charge in [0.15, 0.2) is 12.4 Å². The molecule has 12 heteroatoms. The number of benzene rings is 1. The van der Waals surface area contributed by atoms with Gasteiger partial charge in [-0.2, -0.15) is 4.98 Å². The lowest BCUT2D eigenvalue weighted by atomic mass is 9.93. The summed E-state index contributed by atoms with van der Waals surface area (Å²) in [6.45, 7) is 14.8. The lowest BCUT2D eigenvalue weighted by Crippen LogP contribution is -2.46. The maximum atomic E-state index is 12.1. The SMILES string of the molecule is CCCCCC/C=N\OCC(=O)NCCCN1CCN(Cc2ccc(Cn3ccc4nc(N)nc(NCCCCCC(CC)CCCC)c43)c(OC)c2)CC1. The van der Waals surface area contributed by atoms with Crippen molar-refractivity contribution in [1.82, 2.24) is 29.7 Å². The number of nitrogen functional groups attached to an aromatic ring is 1. The van der Waals surface area contributed by atoms with Crippen molar-refractivity contribution in [2.75, 3.05) is 70.6 Å². The lowest BCUT2D eigenvalue weighted by molar-refractivity contribution is -0.125. The van der Waals surface area contributed by atoms with Crippen molar-refractivity contribution >= 4 is 34.9 Å². The Kier molecular flexibility index (Phi) is 20.2. The number of ether oxygens (including phenoxy) is 1. The molecule has 3 aromatic rings. The zero-order valence-corrected chi connectivity index (χ0v) is 34.5. The van der Waals surface area contributed by atoms with Crippen molar-refractivity contribution in [2.24, 2.45) is 11.1 Å². The number of anilines is 2. The minimum atomic E-state index is -0.119. The third-order valence-corrected chi connectivity index (χ3v) is 10.8. The molecule has 1 amide bonds. The molecule has 0 bridgehead atoms. The third-order valence-electron chi connectivity index (χ3n) is 10.8. The van der Waals surface area contributed by atoms with Crippen molar-refractivity contribution in [3.8, 4) is 5.75 Å². The number of unbranched alkanes of at least 4 members (excludes halogenated alkanes) is 7. The fraction of sp³-hybridized carbons (Fsp3) is 0.674. The monoisotopic (exact) mass is 762 g/mol. The normalized spacial score (nSPS) is 14.5. The average molecular weight is 762 g/mol. The van der Waals surface area contributed by atoms with Crippen LogP contribution >= 0.6 is 0 Å². The van der Waals surface area contributed by atoms with Crippen molar-refractivity contribution < 1.29 is 14.4 Å². The summed E-state index contributed by atoms with van der Waals surface area (Å²) in [6.07, 6.45) is 20.6. The van der Waals surface area contributed by atoms with Crippen LogP contribution in [0.25, 0.3) is 11.0 Å². The van der Waals surface area contributed by atoms with Gasteiger partial charge in [0, 0.05) is 63.8 Å². The summed E-state index contributed by atoms with van der Waals surface area (Å²) in [5.74, 6) is 2.71. The first-order valence-electron chi connectivity index (χ1n) is 21.3. The predicted octanol–water partition coefficient (Wildman–Crippen LogP) is 7.86. The second kappa shape index (κ2) is 25.3. The summed E-state index contributed by atoms with van der Waals surface area (Å²) in [5.41, 5.74) is 10.3. The van der Waals surface area contributed by atoms with Crippen LogP contribution in [-0.2, 0) is 22.7 Å². The van der Waals surface area contributed by atoms with E-state index in [0.717, 1.165) is 106 Å². The van der Waals surface area contributed by atoms with E-state index < -0.39 is 0 Å². The number of rotatable bonds is 28. The summed E-state index contributed by atoms with van der Waals surface area (Å²) in [7, 11) is 1.75. The largest absolute Gasteiger partial charge is 0.496 e. The molecular formula is C43H71N9O3. The molecule has 2 aromatic heterocycles. The highest BCUT2D eigenvalue weighted by atomic mass is 16.6. The van der Waals surface area contributed by atoms with Crippen LogP contribution < -0.4 is 21.1 Å². The van der Waals surface area contributed by atoms with Gasteiger partial charge in [-0.05, 0) is 55.8 Å². The highest BCUT2D eigenvalue weighted by Gasteiger charge is 2.18. The highest BCUT2D eigenvalue weighted by Crippen LogP contribution is 2.28. The number of amides is 1. The van der Waals surface area contributed by atoms with E-state index in [4.69, 9.17) is 15.3 Å². The zero-order chi connectivity index (χ0) is 39.1. The van der Waals surface area contributed by atoms with Crippen molar-refractivity contribution in [1.29, 1.82) is 0 Å². The molecule has 0 aliphatic carbocycles. The van der Waals surface area contributed by atoms with Gasteiger partial charge in [-0.1, -0.05) is 102 Å². The van der Waals surface area contributed by atoms with E-state index in [-0.39, 0.29) is 18.5 Å². The summed E-state index contributed by atoms with van der Waals surface area (Å²) < 4.78 is 8.11. The molecule has 4 N–H and O–H groups in total. The molecule has 0 spiro atoms. The molecule has 55 heavy (non-hydrogen) atoms. The highest BCUT2D eigenvalue weighted by molar-refractivity contribution is 5.87. The van der Waals surface area contributed by atoms with Crippen LogP contribution in [0.4, 0.5) is 11.8 Å². The number of fused-ring (bicyclic) bond motifs is 1. The number of piperazine rings is 1. The van der Waals surface area contributed by atoms with Gasteiger partial charge in [-0.25, -0.2) is 4.98 Å². The molecule has 0 radical (unpaired) electrons. The van der Waals surface area contributed by atoms with E-state index in [0.29, 0.717) is 13.1 Å². The molecule has 1 atom stereocenters. The molecule has 3 heterocycles. The number of hydrogen-bond donors (Lipinski definition) is 3. The van der Waals surface area contributed by atoms with Gasteiger partial charge in [-0.3, -0.25) is 9.69 Å². The van der Waals surface area contributed by atoms with Gasteiger partial charge < -0.3 is 35.4 Å². The van der Waals surface area contributed by atoms with Gasteiger partial charge in [0.25, 0.3) is 5.91 Å². The molecule has 0 saturated carbocycles. The Morgan fingerprint density at radius 1 is 0.909 bits per heavy atom. The first-order chi connectivity index (χ1) is 26.9. The number of aromatic nitrogens is 3. The Balaban J connectivity index is 1.18. The number of hydrogen-bond acceptors (Lipinski definition) is 10. The molecule has 12 nitrogen and oxygen atoms in total. The number of nitrogens with zero attached hydrogens (tertiary/aromatic N) is 6. The van der Waals surface area contributed by atoms with E-state index in [2.05, 4.69) is 85.3 Å². The summed E-state index contributed by atoms with van der Waals surface area (Å²) >= 11 is 0. The van der Waals surface area contributed by atoms with E-state index in [1.54, 1.807) is 13.3 Å². The van der Waals surface area contributed by atoms with Crippen molar-refractivity contribution in [2.45, 2.75) is 124 Å². The van der Waals surface area contributed by atoms with Crippen LogP contribution in [0.2, 0.25) is 0 Å². The Morgan fingerprint density at radius 3 is 2.47 bits per heavy atom. The van der Waals surface area contributed by atoms with Gasteiger partial charge >= 0.3 is 0 Å². The first kappa shape index (κ1) is 43.8. The first-order valence-corrected chi connectivity index (χ1v) is 21.3. The molecule has 4 rings (SSSR count). The Morgan fingerprint density at radius 2 is 1.69 bits per heavy atom. The van der Waals surface area contributed by atoms with Crippen LogP contribution in [0.3, 0.4) is 0 Å². The number of carbonyl (C=O) groups excluding carboxylic acids is 1. The van der Waals surface area contributed by atoms with Crippen LogP contribution in [0.5, 0.6) is 5.75 Å². The quantitative estimate of drug-likeness (QED) is 0.0384. The van der Waals surface area contributed by atoms with Crippen LogP contribution in [0.15, 0.2) is 35.6 Å². The fourth-order valence-corrected chi connectivity index (χ4v) is 7.44. The predicted molar refractivity (Wildman–Crippen MR) is 227 cm³/mol. The summed E-state index contributed by atoms with van der Waals surface area (Å²) in [5, 5.41) is 10.4. The number of nitrogens with two attached hydrogens (primary N) is 1. The van der Waals surface area contributed by atoms with E-state index in [1.165, 1.54) is 69.8 Å². The van der Waals surface area contributed by atoms with Crippen molar-refractivity contribution in [3.63, 3.8) is 0 Å². The molecule has 1 fully saturated rings. The Hall–Kier alpha value is -3.90. The maximum Gasteiger partial charge on any atom is 0.260 e. The number of carbonyl (C=O) groups is 1. The topological polar surface area (TPSA) is 135 Å². The maximum absolute atomic E-state index is 12.1. The van der Waals surface area contributed by atoms with Gasteiger partial charge in [-0.15, -0.1) is 0 Å². The second-order valence-corrected chi connectivity index (χ2v) is 15.2. The molecular weight excluding hydrogens is 691 g/mol. The average Bonchev–Trinajstić information content (AvgIpc) is 3.60. The minimum absolute atomic E-state index is 0.0267. The van der Waals surface area contributed by atoms with Crippen LogP contribution in [-0.4, -0.2) is 96.0 Å². The van der Waals surface area contributed by atoms with Gasteiger partial charge in [0.1, 0.15) is 11.3 Å². The second-order valence-electron chi connectivity index (χ2n) is 15.2. The number of methoxy groups -OCH3 is 1. The lowest BCUT2D eigenvalue weighted by Gasteiger charge is -2.34. The molecule has 1 aliphatic rings. The van der Waals surface area contributed by atoms with Crippen molar-refractivity contribution in [3.05, 3.63) is 41.6 Å². The van der Waals surface area contributed by atoms with Gasteiger partial charge in [0.2, 0.25) is 5.95 Å². The van der Waals surface area contributed by atoms with E-state index in [1.807, 2.05) is 6.07 Å². The smallest absolute Gasteiger partial charge is 0.260 e. The zero-order valence-electron chi connectivity index (χ0n) is 34.5. The van der Waals surface area contributed by atoms with Gasteiger partial charge in [0.05, 0.1) is 19.2 Å². The molecule has 1 saturated heterocycles. The number of nitrogens with one attached hydrogen (secondary N) is 2. The number of oxime groups is 1. The molecule has 1 aliphatic heterocycles. The van der Waals surface area contributed by atoms with E-state index >= 15 is 0 Å². The summed E-state index contributed by atoms with van der Waals surface area (Å²) in [4.78, 5) is 31.3. The molecule has 306 valence electrons. The minimum Gasteiger partial charge on any atom is -0.496 e. The Labute approximate surface area is 331 Å². The van der Waals surface area contributed by atoms with Crippen LogP contribution in [0, 0.1) is 5.92 Å². The standard InChI is InChI=1S/C43H71N9O3/c1-5-8-10-11-15-24-47-55-34-40(53)45-23-16-25-50-27-29-51(30-28-50)32-36-19-20-37(39(31-36)54-4)33-52-26-21-38-41(52)42(49-43(44)48-38)46-22-14-12-13-18-35(7-3)17-9-6-2/h19-21,24,26,31,35H,5-18,22-23,25,27-30,32-34H2,1-4H3,(H,45,53)(H3,44,46,48,49)/b47-24-.